The molecule has 0 amide bonds. The lowest BCUT2D eigenvalue weighted by Gasteiger charge is -2.11. The van der Waals surface area contributed by atoms with Gasteiger partial charge in [-0.1, -0.05) is 0 Å². The Balaban J connectivity index is 2.48. The monoisotopic (exact) mass is 272 g/mol. The van der Waals surface area contributed by atoms with Crippen LogP contribution in [-0.2, 0) is 11.3 Å². The molecule has 1 atom stereocenters. The van der Waals surface area contributed by atoms with E-state index in [1.807, 2.05) is 0 Å². The average Bonchev–Trinajstić information content (AvgIpc) is 2.33. The van der Waals surface area contributed by atoms with E-state index in [0.717, 1.165) is 0 Å². The van der Waals surface area contributed by atoms with E-state index in [0.29, 0.717) is 23.7 Å². The number of hydrogen-bond donors (Lipinski definition) is 3. The van der Waals surface area contributed by atoms with Crippen LogP contribution in [0.3, 0.4) is 0 Å². The Bertz CT molecular complexity index is 486. The summed E-state index contributed by atoms with van der Waals surface area (Å²) < 4.78 is 1.75. The van der Waals surface area contributed by atoms with Gasteiger partial charge in [0.15, 0.2) is 5.75 Å². The largest absolute Gasteiger partial charge is 0.503 e. The molecule has 0 unspecified atom stereocenters. The third-order valence-electron chi connectivity index (χ3n) is 2.50. The summed E-state index contributed by atoms with van der Waals surface area (Å²) in [6.45, 7) is 2.24. The van der Waals surface area contributed by atoms with Crippen molar-refractivity contribution in [3.63, 3.8) is 0 Å². The van der Waals surface area contributed by atoms with E-state index in [2.05, 4.69) is 0 Å². The number of aliphatic carboxylic acids is 1. The Morgan fingerprint density at radius 1 is 1.61 bits per heavy atom. The number of thioether (sulfide) groups is 1. The van der Waals surface area contributed by atoms with Crippen LogP contribution >= 0.6 is 11.8 Å². The highest BCUT2D eigenvalue weighted by molar-refractivity contribution is 7.99. The van der Waals surface area contributed by atoms with E-state index in [1.165, 1.54) is 17.8 Å². The second-order valence-corrected chi connectivity index (χ2v) is 4.98. The Hall–Kier alpha value is -1.47. The van der Waals surface area contributed by atoms with Gasteiger partial charge in [-0.2, -0.15) is 11.8 Å². The van der Waals surface area contributed by atoms with E-state index < -0.39 is 17.4 Å². The first-order chi connectivity index (χ1) is 8.43. The molecular formula is C11H16N2O4S. The van der Waals surface area contributed by atoms with Crippen LogP contribution in [-0.4, -0.2) is 38.3 Å². The first-order valence-electron chi connectivity index (χ1n) is 5.38. The molecule has 6 nitrogen and oxygen atoms in total. The summed E-state index contributed by atoms with van der Waals surface area (Å²) in [6, 6.07) is 0.439. The molecule has 0 radical (unpaired) electrons. The topological polar surface area (TPSA) is 106 Å². The minimum absolute atomic E-state index is 0.246. The first-order valence-corrected chi connectivity index (χ1v) is 6.54. The molecule has 1 rings (SSSR count). The van der Waals surface area contributed by atoms with Crippen molar-refractivity contribution in [1.82, 2.24) is 4.57 Å². The summed E-state index contributed by atoms with van der Waals surface area (Å²) in [5, 5.41) is 18.1. The van der Waals surface area contributed by atoms with Gasteiger partial charge in [0, 0.05) is 30.3 Å². The number of carbonyl (C=O) groups is 1. The maximum atomic E-state index is 11.1. The van der Waals surface area contributed by atoms with E-state index >= 15 is 0 Å². The van der Waals surface area contributed by atoms with Gasteiger partial charge < -0.3 is 20.5 Å². The number of aromatic hydroxyl groups is 1. The summed E-state index contributed by atoms with van der Waals surface area (Å²) >= 11 is 1.42. The molecular weight excluding hydrogens is 256 g/mol. The first kappa shape index (κ1) is 14.6. The molecule has 0 saturated carbocycles. The normalized spacial score (nSPS) is 12.3. The van der Waals surface area contributed by atoms with Crippen LogP contribution in [0.1, 0.15) is 5.69 Å². The quantitative estimate of drug-likeness (QED) is 0.630. The molecule has 0 spiro atoms. The number of aryl methyl sites for hydroxylation is 1. The molecule has 0 saturated heterocycles. The Kier molecular flexibility index (Phi) is 5.24. The van der Waals surface area contributed by atoms with Gasteiger partial charge in [0.2, 0.25) is 5.43 Å². The summed E-state index contributed by atoms with van der Waals surface area (Å²) in [5.41, 5.74) is 5.47. The molecule has 0 aliphatic rings. The molecule has 1 aromatic heterocycles. The molecule has 100 valence electrons. The fraction of sp³-hybridized carbons (Fsp3) is 0.455. The molecule has 1 heterocycles. The van der Waals surface area contributed by atoms with Crippen molar-refractivity contribution in [2.75, 3.05) is 11.5 Å². The summed E-state index contributed by atoms with van der Waals surface area (Å²) in [7, 11) is 0. The number of aromatic nitrogens is 1. The van der Waals surface area contributed by atoms with Crippen LogP contribution in [0.4, 0.5) is 0 Å². The summed E-state index contributed by atoms with van der Waals surface area (Å²) in [4.78, 5) is 21.6. The van der Waals surface area contributed by atoms with E-state index in [4.69, 9.17) is 10.8 Å². The van der Waals surface area contributed by atoms with Gasteiger partial charge in [-0.3, -0.25) is 9.59 Å². The lowest BCUT2D eigenvalue weighted by molar-refractivity contribution is -0.137. The molecule has 0 fully saturated rings. The molecule has 0 aromatic carbocycles. The standard InChI is InChI=1S/C11H16N2O4S/c1-7-10(15)9(14)2-3-13(7)4-5-18-6-8(12)11(16)17/h2-3,8,15H,4-6,12H2,1H3,(H,16,17)/t8-/m0/s1. The Morgan fingerprint density at radius 3 is 2.89 bits per heavy atom. The molecule has 1 aromatic rings. The van der Waals surface area contributed by atoms with Crippen molar-refractivity contribution < 1.29 is 15.0 Å². The maximum absolute atomic E-state index is 11.1. The lowest BCUT2D eigenvalue weighted by Crippen LogP contribution is -2.32. The van der Waals surface area contributed by atoms with Crippen molar-refractivity contribution in [3.8, 4) is 5.75 Å². The molecule has 4 N–H and O–H groups in total. The van der Waals surface area contributed by atoms with Gasteiger partial charge in [-0.25, -0.2) is 0 Å². The Labute approximate surface area is 108 Å². The Morgan fingerprint density at radius 2 is 2.28 bits per heavy atom. The zero-order valence-corrected chi connectivity index (χ0v) is 10.8. The second kappa shape index (κ2) is 6.46. The third-order valence-corrected chi connectivity index (χ3v) is 3.57. The van der Waals surface area contributed by atoms with E-state index in [-0.39, 0.29) is 5.75 Å². The van der Waals surface area contributed by atoms with Gasteiger partial charge in [-0.15, -0.1) is 0 Å². The minimum Gasteiger partial charge on any atom is -0.503 e. The van der Waals surface area contributed by atoms with Gasteiger partial charge in [-0.05, 0) is 6.92 Å². The van der Waals surface area contributed by atoms with Gasteiger partial charge >= 0.3 is 5.97 Å². The van der Waals surface area contributed by atoms with Crippen molar-refractivity contribution in [2.45, 2.75) is 19.5 Å². The number of rotatable bonds is 6. The fourth-order valence-electron chi connectivity index (χ4n) is 1.35. The van der Waals surface area contributed by atoms with Crippen LogP contribution in [0.5, 0.6) is 5.75 Å². The number of nitrogens with two attached hydrogens (primary N) is 1. The number of pyridine rings is 1. The fourth-order valence-corrected chi connectivity index (χ4v) is 2.24. The van der Waals surface area contributed by atoms with Gasteiger partial charge in [0.25, 0.3) is 0 Å². The van der Waals surface area contributed by atoms with Crippen LogP contribution in [0.25, 0.3) is 0 Å². The lowest BCUT2D eigenvalue weighted by atomic mass is 10.3. The van der Waals surface area contributed by atoms with Crippen LogP contribution in [0, 0.1) is 6.92 Å². The van der Waals surface area contributed by atoms with Crippen molar-refractivity contribution >= 4 is 17.7 Å². The third kappa shape index (κ3) is 3.78. The van der Waals surface area contributed by atoms with Crippen LogP contribution in [0.2, 0.25) is 0 Å². The van der Waals surface area contributed by atoms with Crippen molar-refractivity contribution in [1.29, 1.82) is 0 Å². The predicted octanol–water partition coefficient (Wildman–Crippen LogP) is 0.00742. The van der Waals surface area contributed by atoms with Gasteiger partial charge in [0.1, 0.15) is 6.04 Å². The molecule has 0 aliphatic heterocycles. The zero-order chi connectivity index (χ0) is 13.7. The number of carboxylic acid groups (broad SMARTS) is 1. The molecule has 0 aliphatic carbocycles. The number of carboxylic acids is 1. The number of hydrogen-bond acceptors (Lipinski definition) is 5. The van der Waals surface area contributed by atoms with Crippen molar-refractivity contribution in [3.05, 3.63) is 28.2 Å². The van der Waals surface area contributed by atoms with Crippen LogP contribution < -0.4 is 11.2 Å². The second-order valence-electron chi connectivity index (χ2n) is 3.83. The minimum atomic E-state index is -1.01. The van der Waals surface area contributed by atoms with E-state index in [1.54, 1.807) is 17.7 Å². The maximum Gasteiger partial charge on any atom is 0.321 e. The summed E-state index contributed by atoms with van der Waals surface area (Å²) in [5.74, 6) is -0.269. The van der Waals surface area contributed by atoms with Crippen molar-refractivity contribution in [2.24, 2.45) is 5.73 Å². The predicted molar refractivity (Wildman–Crippen MR) is 70.0 cm³/mol. The highest BCUT2D eigenvalue weighted by atomic mass is 32.2. The molecule has 0 bridgehead atoms. The smallest absolute Gasteiger partial charge is 0.321 e. The molecule has 7 heteroatoms. The number of nitrogens with zero attached hydrogens (tertiary/aromatic N) is 1. The van der Waals surface area contributed by atoms with Crippen LogP contribution in [0.15, 0.2) is 17.1 Å². The van der Waals surface area contributed by atoms with Gasteiger partial charge in [0.05, 0.1) is 5.69 Å². The highest BCUT2D eigenvalue weighted by Gasteiger charge is 2.11. The molecule has 18 heavy (non-hydrogen) atoms. The zero-order valence-electron chi connectivity index (χ0n) is 10.00. The SMILES string of the molecule is Cc1c(O)c(=O)ccn1CCSC[C@H](N)C(=O)O. The summed E-state index contributed by atoms with van der Waals surface area (Å²) in [6.07, 6.45) is 1.61. The van der Waals surface area contributed by atoms with E-state index in [9.17, 15) is 14.7 Å². The average molecular weight is 272 g/mol. The highest BCUT2D eigenvalue weighted by Crippen LogP contribution is 2.11.